The zero-order chi connectivity index (χ0) is 13.2. The van der Waals surface area contributed by atoms with Crippen LogP contribution in [0.1, 0.15) is 5.56 Å². The molecule has 0 amide bonds. The molecule has 0 saturated heterocycles. The molecule has 0 spiro atoms. The molecule has 94 valence electrons. The molecule has 0 aliphatic heterocycles. The van der Waals surface area contributed by atoms with Crippen LogP contribution in [0.2, 0.25) is 0 Å². The summed E-state index contributed by atoms with van der Waals surface area (Å²) in [6, 6.07) is 2.13. The first-order chi connectivity index (χ1) is 7.77. The van der Waals surface area contributed by atoms with Gasteiger partial charge >= 0.3 is 6.18 Å². The molecule has 17 heavy (non-hydrogen) atoms. The van der Waals surface area contributed by atoms with Crippen LogP contribution in [0.3, 0.4) is 0 Å². The van der Waals surface area contributed by atoms with Gasteiger partial charge in [-0.15, -0.1) is 11.6 Å². The van der Waals surface area contributed by atoms with Crippen LogP contribution in [0.15, 0.2) is 21.6 Å². The Morgan fingerprint density at radius 2 is 2.00 bits per heavy atom. The van der Waals surface area contributed by atoms with Crippen molar-refractivity contribution in [2.45, 2.75) is 6.18 Å². The lowest BCUT2D eigenvalue weighted by atomic mass is 10.2. The van der Waals surface area contributed by atoms with Gasteiger partial charge in [-0.1, -0.05) is 15.9 Å². The van der Waals surface area contributed by atoms with E-state index in [9.17, 15) is 17.6 Å². The van der Waals surface area contributed by atoms with Gasteiger partial charge in [0.25, 0.3) is 0 Å². The fraction of sp³-hybridized carbons (Fsp3) is 0.222. The lowest BCUT2D eigenvalue weighted by Gasteiger charge is -2.11. The summed E-state index contributed by atoms with van der Waals surface area (Å²) >= 11 is 7.94. The van der Waals surface area contributed by atoms with Crippen molar-refractivity contribution < 1.29 is 17.6 Å². The molecule has 0 radical (unpaired) electrons. The zero-order valence-corrected chi connectivity index (χ0v) is 10.5. The van der Waals surface area contributed by atoms with Gasteiger partial charge in [0.15, 0.2) is 5.82 Å². The number of nitrogens with zero attached hydrogens (tertiary/aromatic N) is 1. The standard InChI is InChI=1S/C9H6BrClF4N2/c10-4-1-2-5(17-6(16)3-11)8(12)7(4)9(13,14)15/h1-2H,3H2,(H2,16,17). The first-order valence-corrected chi connectivity index (χ1v) is 5.54. The number of aliphatic imine (C=N–C) groups is 1. The molecule has 2 nitrogen and oxygen atoms in total. The third-order valence-corrected chi connectivity index (χ3v) is 2.69. The molecular formula is C9H6BrClF4N2. The third kappa shape index (κ3) is 3.32. The minimum absolute atomic E-state index is 0.166. The Bertz CT molecular complexity index is 459. The van der Waals surface area contributed by atoms with Gasteiger partial charge in [0.1, 0.15) is 17.1 Å². The Morgan fingerprint density at radius 1 is 1.41 bits per heavy atom. The molecule has 0 bridgehead atoms. The minimum Gasteiger partial charge on any atom is -0.386 e. The average molecular weight is 334 g/mol. The van der Waals surface area contributed by atoms with E-state index in [0.717, 1.165) is 12.1 Å². The van der Waals surface area contributed by atoms with Crippen LogP contribution >= 0.6 is 27.5 Å². The van der Waals surface area contributed by atoms with Crippen LogP contribution in [0.5, 0.6) is 0 Å². The average Bonchev–Trinajstić information content (AvgIpc) is 2.20. The number of alkyl halides is 4. The lowest BCUT2D eigenvalue weighted by molar-refractivity contribution is -0.140. The quantitative estimate of drug-likeness (QED) is 0.380. The van der Waals surface area contributed by atoms with E-state index in [2.05, 4.69) is 20.9 Å². The molecule has 0 saturated carbocycles. The number of nitrogens with two attached hydrogens (primary N) is 1. The van der Waals surface area contributed by atoms with E-state index in [-0.39, 0.29) is 11.7 Å². The van der Waals surface area contributed by atoms with Crippen LogP contribution < -0.4 is 5.73 Å². The Balaban J connectivity index is 3.39. The van der Waals surface area contributed by atoms with E-state index in [1.165, 1.54) is 0 Å². The summed E-state index contributed by atoms with van der Waals surface area (Å²) in [6.45, 7) is 0. The van der Waals surface area contributed by atoms with Gasteiger partial charge in [-0.05, 0) is 12.1 Å². The Labute approximate surface area is 108 Å². The van der Waals surface area contributed by atoms with Gasteiger partial charge in [-0.3, -0.25) is 0 Å². The SMILES string of the molecule is NC(CCl)=Nc1ccc(Br)c(C(F)(F)F)c1F. The van der Waals surface area contributed by atoms with Gasteiger partial charge in [-0.2, -0.15) is 13.2 Å². The molecule has 0 heterocycles. The molecule has 1 rings (SSSR count). The Morgan fingerprint density at radius 3 is 2.47 bits per heavy atom. The Kier molecular flexibility index (Phi) is 4.37. The molecule has 1 aromatic carbocycles. The molecule has 0 aliphatic rings. The highest BCUT2D eigenvalue weighted by molar-refractivity contribution is 9.10. The predicted molar refractivity (Wildman–Crippen MR) is 61.1 cm³/mol. The summed E-state index contributed by atoms with van der Waals surface area (Å²) < 4.78 is 50.8. The van der Waals surface area contributed by atoms with Crippen LogP contribution in [0.4, 0.5) is 23.2 Å². The van der Waals surface area contributed by atoms with Gasteiger partial charge in [0, 0.05) is 4.47 Å². The highest BCUT2D eigenvalue weighted by atomic mass is 79.9. The lowest BCUT2D eigenvalue weighted by Crippen LogP contribution is -2.13. The van der Waals surface area contributed by atoms with E-state index in [1.54, 1.807) is 0 Å². The van der Waals surface area contributed by atoms with E-state index in [0.29, 0.717) is 0 Å². The predicted octanol–water partition coefficient (Wildman–Crippen LogP) is 3.83. The fourth-order valence-electron chi connectivity index (χ4n) is 1.07. The first kappa shape index (κ1) is 14.2. The largest absolute Gasteiger partial charge is 0.420 e. The van der Waals surface area contributed by atoms with Gasteiger partial charge in [-0.25, -0.2) is 9.38 Å². The molecule has 0 unspecified atom stereocenters. The van der Waals surface area contributed by atoms with Crippen LogP contribution in [-0.4, -0.2) is 11.7 Å². The molecular weight excluding hydrogens is 327 g/mol. The number of rotatable bonds is 2. The van der Waals surface area contributed by atoms with Crippen molar-refractivity contribution in [2.75, 3.05) is 5.88 Å². The van der Waals surface area contributed by atoms with Crippen molar-refractivity contribution in [2.24, 2.45) is 10.7 Å². The maximum Gasteiger partial charge on any atom is 0.420 e. The second-order valence-corrected chi connectivity index (χ2v) is 4.11. The summed E-state index contributed by atoms with van der Waals surface area (Å²) in [5, 5.41) is 0. The first-order valence-electron chi connectivity index (χ1n) is 4.21. The van der Waals surface area contributed by atoms with E-state index < -0.39 is 27.7 Å². The van der Waals surface area contributed by atoms with Gasteiger partial charge < -0.3 is 5.73 Å². The second kappa shape index (κ2) is 5.22. The fourth-order valence-corrected chi connectivity index (χ4v) is 1.66. The molecule has 1 aromatic rings. The minimum atomic E-state index is -4.82. The van der Waals surface area contributed by atoms with E-state index in [1.807, 2.05) is 0 Å². The van der Waals surface area contributed by atoms with E-state index >= 15 is 0 Å². The summed E-state index contributed by atoms with van der Waals surface area (Å²) in [5.41, 5.74) is 3.31. The van der Waals surface area contributed by atoms with Crippen LogP contribution in [0, 0.1) is 5.82 Å². The molecule has 0 aliphatic carbocycles. The zero-order valence-electron chi connectivity index (χ0n) is 8.15. The van der Waals surface area contributed by atoms with Crippen molar-refractivity contribution >= 4 is 39.1 Å². The summed E-state index contributed by atoms with van der Waals surface area (Å²) in [4.78, 5) is 3.46. The van der Waals surface area contributed by atoms with Crippen LogP contribution in [0.25, 0.3) is 0 Å². The maximum atomic E-state index is 13.6. The number of hydrogen-bond donors (Lipinski definition) is 1. The van der Waals surface area contributed by atoms with Crippen molar-refractivity contribution in [3.63, 3.8) is 0 Å². The maximum absolute atomic E-state index is 13.6. The molecule has 0 fully saturated rings. The second-order valence-electron chi connectivity index (χ2n) is 2.99. The van der Waals surface area contributed by atoms with E-state index in [4.69, 9.17) is 17.3 Å². The molecule has 0 aromatic heterocycles. The number of benzene rings is 1. The highest BCUT2D eigenvalue weighted by Gasteiger charge is 2.37. The summed E-state index contributed by atoms with van der Waals surface area (Å²) in [5.74, 6) is -1.85. The third-order valence-electron chi connectivity index (χ3n) is 1.76. The highest BCUT2D eigenvalue weighted by Crippen LogP contribution is 2.39. The smallest absolute Gasteiger partial charge is 0.386 e. The molecule has 8 heteroatoms. The van der Waals surface area contributed by atoms with Crippen LogP contribution in [-0.2, 0) is 6.18 Å². The van der Waals surface area contributed by atoms with Gasteiger partial charge in [0.05, 0.1) is 5.88 Å². The number of hydrogen-bond acceptors (Lipinski definition) is 1. The van der Waals surface area contributed by atoms with Gasteiger partial charge in [0.2, 0.25) is 0 Å². The Hall–Kier alpha value is -0.820. The summed E-state index contributed by atoms with van der Waals surface area (Å²) in [6.07, 6.45) is -4.82. The topological polar surface area (TPSA) is 38.4 Å². The molecule has 0 atom stereocenters. The van der Waals surface area contributed by atoms with Crippen molar-refractivity contribution in [3.8, 4) is 0 Å². The van der Waals surface area contributed by atoms with Crippen molar-refractivity contribution in [3.05, 3.63) is 28.0 Å². The van der Waals surface area contributed by atoms with Crippen molar-refractivity contribution in [1.29, 1.82) is 0 Å². The summed E-state index contributed by atoms with van der Waals surface area (Å²) in [7, 11) is 0. The number of amidine groups is 1. The normalized spacial score (nSPS) is 12.9. The number of halogens is 6. The monoisotopic (exact) mass is 332 g/mol. The molecule has 2 N–H and O–H groups in total. The van der Waals surface area contributed by atoms with Crippen molar-refractivity contribution in [1.82, 2.24) is 0 Å².